The highest BCUT2D eigenvalue weighted by Gasteiger charge is 2.26. The van der Waals surface area contributed by atoms with Gasteiger partial charge in [-0.25, -0.2) is 4.98 Å². The maximum absolute atomic E-state index is 5.46. The molecule has 5 rings (SSSR count). The monoisotopic (exact) mass is 391 g/mol. The number of anilines is 2. The zero-order chi connectivity index (χ0) is 19.5. The van der Waals surface area contributed by atoms with E-state index in [4.69, 9.17) is 14.4 Å². The van der Waals surface area contributed by atoms with Gasteiger partial charge in [-0.15, -0.1) is 0 Å². The molecule has 1 saturated heterocycles. The predicted molar refractivity (Wildman–Crippen MR) is 116 cm³/mol. The van der Waals surface area contributed by atoms with Crippen LogP contribution in [0.2, 0.25) is 0 Å². The van der Waals surface area contributed by atoms with E-state index >= 15 is 0 Å². The van der Waals surface area contributed by atoms with Crippen LogP contribution in [0.15, 0.2) is 47.1 Å². The second kappa shape index (κ2) is 8.41. The molecule has 0 radical (unpaired) electrons. The number of hydrogen-bond acceptors (Lipinski definition) is 6. The summed E-state index contributed by atoms with van der Waals surface area (Å²) in [6.07, 6.45) is 8.63. The van der Waals surface area contributed by atoms with E-state index in [1.807, 2.05) is 24.3 Å². The van der Waals surface area contributed by atoms with Crippen molar-refractivity contribution < 1.29 is 4.42 Å². The third kappa shape index (κ3) is 4.08. The normalized spacial score (nSPS) is 19.0. The molecule has 1 aliphatic heterocycles. The van der Waals surface area contributed by atoms with E-state index in [1.54, 1.807) is 6.26 Å². The molecule has 6 nitrogen and oxygen atoms in total. The fraction of sp³-hybridized carbons (Fsp3) is 0.478. The summed E-state index contributed by atoms with van der Waals surface area (Å²) < 4.78 is 5.46. The molecule has 29 heavy (non-hydrogen) atoms. The number of piperazine rings is 1. The molecule has 3 aromatic rings. The van der Waals surface area contributed by atoms with E-state index in [1.165, 1.54) is 32.1 Å². The van der Waals surface area contributed by atoms with Gasteiger partial charge in [0, 0.05) is 37.6 Å². The standard InChI is InChI=1S/C23H29N5O/c1-2-7-18(8-3-1)27-12-14-28(15-13-27)23-25-21-11-5-4-10-20(21)22(26-23)24-17-19-9-6-16-29-19/h4-6,9-11,16,18H,1-3,7-8,12-15,17H2,(H,24,25,26). The minimum absolute atomic E-state index is 0.614. The lowest BCUT2D eigenvalue weighted by Gasteiger charge is -2.40. The molecular formula is C23H29N5O. The summed E-state index contributed by atoms with van der Waals surface area (Å²) in [5, 5.41) is 4.49. The maximum Gasteiger partial charge on any atom is 0.227 e. The number of nitrogens with one attached hydrogen (secondary N) is 1. The molecule has 2 fully saturated rings. The van der Waals surface area contributed by atoms with Crippen LogP contribution in [0.1, 0.15) is 37.9 Å². The third-order valence-electron chi connectivity index (χ3n) is 6.29. The van der Waals surface area contributed by atoms with Gasteiger partial charge in [0.1, 0.15) is 11.6 Å². The Morgan fingerprint density at radius 1 is 0.931 bits per heavy atom. The smallest absolute Gasteiger partial charge is 0.227 e. The van der Waals surface area contributed by atoms with Gasteiger partial charge in [-0.3, -0.25) is 4.90 Å². The molecular weight excluding hydrogens is 362 g/mol. The second-order valence-corrected chi connectivity index (χ2v) is 8.14. The van der Waals surface area contributed by atoms with Crippen molar-refractivity contribution in [3.8, 4) is 0 Å². The first kappa shape index (κ1) is 18.4. The Balaban J connectivity index is 1.33. The van der Waals surface area contributed by atoms with Crippen molar-refractivity contribution in [2.24, 2.45) is 0 Å². The minimum Gasteiger partial charge on any atom is -0.467 e. The highest BCUT2D eigenvalue weighted by atomic mass is 16.3. The molecule has 0 amide bonds. The first-order chi connectivity index (χ1) is 14.4. The van der Waals surface area contributed by atoms with Crippen LogP contribution >= 0.6 is 0 Å². The number of furan rings is 1. The lowest BCUT2D eigenvalue weighted by atomic mass is 9.94. The number of hydrogen-bond donors (Lipinski definition) is 1. The van der Waals surface area contributed by atoms with Crippen molar-refractivity contribution >= 4 is 22.7 Å². The van der Waals surface area contributed by atoms with Crippen LogP contribution in [0.3, 0.4) is 0 Å². The topological polar surface area (TPSA) is 57.4 Å². The molecule has 3 heterocycles. The number of para-hydroxylation sites is 1. The molecule has 1 saturated carbocycles. The lowest BCUT2D eigenvalue weighted by Crippen LogP contribution is -2.51. The quantitative estimate of drug-likeness (QED) is 0.700. The zero-order valence-corrected chi connectivity index (χ0v) is 16.9. The lowest BCUT2D eigenvalue weighted by molar-refractivity contribution is 0.147. The van der Waals surface area contributed by atoms with Gasteiger partial charge in [0.2, 0.25) is 5.95 Å². The summed E-state index contributed by atoms with van der Waals surface area (Å²) in [6.45, 7) is 4.81. The Morgan fingerprint density at radius 3 is 2.55 bits per heavy atom. The number of nitrogens with zero attached hydrogens (tertiary/aromatic N) is 4. The predicted octanol–water partition coefficient (Wildman–Crippen LogP) is 4.29. The van der Waals surface area contributed by atoms with E-state index in [0.29, 0.717) is 6.54 Å². The minimum atomic E-state index is 0.614. The van der Waals surface area contributed by atoms with Crippen LogP contribution in [0, 0.1) is 0 Å². The van der Waals surface area contributed by atoms with Gasteiger partial charge in [0.25, 0.3) is 0 Å². The Kier molecular flexibility index (Phi) is 5.35. The van der Waals surface area contributed by atoms with Gasteiger partial charge in [0.05, 0.1) is 18.3 Å². The fourth-order valence-electron chi connectivity index (χ4n) is 4.66. The molecule has 6 heteroatoms. The van der Waals surface area contributed by atoms with Crippen molar-refractivity contribution in [1.29, 1.82) is 0 Å². The van der Waals surface area contributed by atoms with Gasteiger partial charge < -0.3 is 14.6 Å². The van der Waals surface area contributed by atoms with E-state index in [-0.39, 0.29) is 0 Å². The van der Waals surface area contributed by atoms with Gasteiger partial charge in [-0.05, 0) is 37.1 Å². The number of rotatable bonds is 5. The van der Waals surface area contributed by atoms with E-state index in [9.17, 15) is 0 Å². The van der Waals surface area contributed by atoms with Crippen molar-refractivity contribution in [2.75, 3.05) is 36.4 Å². The van der Waals surface area contributed by atoms with Gasteiger partial charge >= 0.3 is 0 Å². The highest BCUT2D eigenvalue weighted by molar-refractivity contribution is 5.90. The van der Waals surface area contributed by atoms with Crippen LogP contribution in [-0.2, 0) is 6.54 Å². The van der Waals surface area contributed by atoms with Gasteiger partial charge in [-0.2, -0.15) is 4.98 Å². The molecule has 0 bridgehead atoms. The number of aromatic nitrogens is 2. The Labute approximate surface area is 171 Å². The Morgan fingerprint density at radius 2 is 1.76 bits per heavy atom. The summed E-state index contributed by atoms with van der Waals surface area (Å²) in [4.78, 5) is 14.8. The van der Waals surface area contributed by atoms with Crippen LogP contribution in [0.5, 0.6) is 0 Å². The van der Waals surface area contributed by atoms with Crippen molar-refractivity contribution in [2.45, 2.75) is 44.7 Å². The molecule has 1 aromatic carbocycles. The van der Waals surface area contributed by atoms with Crippen molar-refractivity contribution in [3.63, 3.8) is 0 Å². The first-order valence-corrected chi connectivity index (χ1v) is 10.9. The van der Waals surface area contributed by atoms with Crippen molar-refractivity contribution in [3.05, 3.63) is 48.4 Å². The Bertz CT molecular complexity index is 928. The molecule has 2 aliphatic rings. The number of fused-ring (bicyclic) bond motifs is 1. The van der Waals surface area contributed by atoms with Crippen LogP contribution in [0.25, 0.3) is 10.9 Å². The molecule has 1 N–H and O–H groups in total. The maximum atomic E-state index is 5.46. The van der Waals surface area contributed by atoms with E-state index in [2.05, 4.69) is 27.2 Å². The Hall–Kier alpha value is -2.60. The molecule has 0 atom stereocenters. The van der Waals surface area contributed by atoms with Crippen LogP contribution in [-0.4, -0.2) is 47.1 Å². The van der Waals surface area contributed by atoms with Crippen molar-refractivity contribution in [1.82, 2.24) is 14.9 Å². The molecule has 0 spiro atoms. The highest BCUT2D eigenvalue weighted by Crippen LogP contribution is 2.27. The average molecular weight is 392 g/mol. The third-order valence-corrected chi connectivity index (χ3v) is 6.29. The molecule has 2 aromatic heterocycles. The average Bonchev–Trinajstić information content (AvgIpc) is 3.32. The summed E-state index contributed by atoms with van der Waals surface area (Å²) in [6, 6.07) is 12.9. The van der Waals surface area contributed by atoms with E-state index in [0.717, 1.165) is 60.7 Å². The van der Waals surface area contributed by atoms with Gasteiger partial charge in [0.15, 0.2) is 0 Å². The second-order valence-electron chi connectivity index (χ2n) is 8.14. The summed E-state index contributed by atoms with van der Waals surface area (Å²) in [5.41, 5.74) is 0.981. The molecule has 1 aliphatic carbocycles. The summed E-state index contributed by atoms with van der Waals surface area (Å²) in [7, 11) is 0. The molecule has 0 unspecified atom stereocenters. The fourth-order valence-corrected chi connectivity index (χ4v) is 4.66. The van der Waals surface area contributed by atoms with Crippen LogP contribution in [0.4, 0.5) is 11.8 Å². The molecule has 152 valence electrons. The SMILES string of the molecule is c1coc(CNc2nc(N3CCN(C4CCCCC4)CC3)nc3ccccc23)c1. The largest absolute Gasteiger partial charge is 0.467 e. The van der Waals surface area contributed by atoms with Crippen LogP contribution < -0.4 is 10.2 Å². The summed E-state index contributed by atoms with van der Waals surface area (Å²) >= 11 is 0. The van der Waals surface area contributed by atoms with E-state index < -0.39 is 0 Å². The van der Waals surface area contributed by atoms with Gasteiger partial charge in [-0.1, -0.05) is 31.4 Å². The number of benzene rings is 1. The zero-order valence-electron chi connectivity index (χ0n) is 16.9. The summed E-state index contributed by atoms with van der Waals surface area (Å²) in [5.74, 6) is 2.60. The first-order valence-electron chi connectivity index (χ1n) is 10.9.